The molecule has 23 heavy (non-hydrogen) atoms. The van der Waals surface area contributed by atoms with Gasteiger partial charge in [0, 0.05) is 25.2 Å². The van der Waals surface area contributed by atoms with Crippen LogP contribution in [-0.4, -0.2) is 24.0 Å². The fourth-order valence-corrected chi connectivity index (χ4v) is 3.71. The summed E-state index contributed by atoms with van der Waals surface area (Å²) in [6, 6.07) is 22.8. The van der Waals surface area contributed by atoms with E-state index in [1.54, 1.807) is 0 Å². The summed E-state index contributed by atoms with van der Waals surface area (Å²) >= 11 is 0. The highest BCUT2D eigenvalue weighted by Gasteiger charge is 2.27. The van der Waals surface area contributed by atoms with Crippen molar-refractivity contribution < 1.29 is 0 Å². The van der Waals surface area contributed by atoms with Gasteiger partial charge in [0.05, 0.1) is 0 Å². The predicted molar refractivity (Wildman–Crippen MR) is 97.2 cm³/mol. The van der Waals surface area contributed by atoms with Crippen LogP contribution in [0.4, 0.5) is 0 Å². The van der Waals surface area contributed by atoms with Crippen LogP contribution in [0.25, 0.3) is 0 Å². The van der Waals surface area contributed by atoms with E-state index in [0.717, 1.165) is 13.1 Å². The molecule has 0 spiro atoms. The summed E-state index contributed by atoms with van der Waals surface area (Å²) in [5.74, 6) is 0. The van der Waals surface area contributed by atoms with E-state index in [1.165, 1.54) is 36.8 Å². The number of nitrogens with zero attached hydrogens (tertiary/aromatic N) is 1. The number of rotatable bonds is 6. The smallest absolute Gasteiger partial charge is 0.0249 e. The Kier molecular flexibility index (Phi) is 5.84. The standard InChI is InChI=1S/C21H28N2/c1-23(17-19-12-6-3-7-13-19)21-15-9-8-14-20(21)22-16-18-10-4-2-5-11-18/h2-7,10-13,20-22H,8-9,14-17H2,1H3/t20-,21-/m1/s1. The molecule has 0 radical (unpaired) electrons. The van der Waals surface area contributed by atoms with E-state index < -0.39 is 0 Å². The van der Waals surface area contributed by atoms with Crippen molar-refractivity contribution in [2.75, 3.05) is 7.05 Å². The third-order valence-corrected chi connectivity index (χ3v) is 4.98. The molecule has 0 bridgehead atoms. The van der Waals surface area contributed by atoms with Crippen LogP contribution in [0, 0.1) is 0 Å². The summed E-state index contributed by atoms with van der Waals surface area (Å²) in [6.45, 7) is 2.01. The lowest BCUT2D eigenvalue weighted by Crippen LogP contribution is -2.49. The first-order valence-electron chi connectivity index (χ1n) is 8.84. The summed E-state index contributed by atoms with van der Waals surface area (Å²) in [5.41, 5.74) is 2.78. The van der Waals surface area contributed by atoms with Gasteiger partial charge in [0.25, 0.3) is 0 Å². The van der Waals surface area contributed by atoms with Crippen molar-refractivity contribution in [2.45, 2.75) is 50.9 Å². The molecule has 2 heteroatoms. The van der Waals surface area contributed by atoms with Crippen LogP contribution >= 0.6 is 0 Å². The molecule has 1 saturated carbocycles. The molecule has 2 atom stereocenters. The highest BCUT2D eigenvalue weighted by atomic mass is 15.2. The van der Waals surface area contributed by atoms with Crippen molar-refractivity contribution in [3.05, 3.63) is 71.8 Å². The molecule has 0 aromatic heterocycles. The fraction of sp³-hybridized carbons (Fsp3) is 0.429. The van der Waals surface area contributed by atoms with E-state index in [4.69, 9.17) is 0 Å². The van der Waals surface area contributed by atoms with E-state index in [1.807, 2.05) is 0 Å². The van der Waals surface area contributed by atoms with Crippen LogP contribution < -0.4 is 5.32 Å². The number of likely N-dealkylation sites (N-methyl/N-ethyl adjacent to an activating group) is 1. The SMILES string of the molecule is CN(Cc1ccccc1)[C@@H]1CCCC[C@H]1NCc1ccccc1. The maximum Gasteiger partial charge on any atom is 0.0249 e. The van der Waals surface area contributed by atoms with Crippen LogP contribution in [0.2, 0.25) is 0 Å². The number of nitrogens with one attached hydrogen (secondary N) is 1. The lowest BCUT2D eigenvalue weighted by molar-refractivity contribution is 0.142. The molecule has 0 amide bonds. The molecule has 0 unspecified atom stereocenters. The molecular formula is C21H28N2. The van der Waals surface area contributed by atoms with Crippen LogP contribution in [0.1, 0.15) is 36.8 Å². The van der Waals surface area contributed by atoms with E-state index >= 15 is 0 Å². The molecule has 2 aromatic carbocycles. The molecular weight excluding hydrogens is 280 g/mol. The minimum Gasteiger partial charge on any atom is -0.308 e. The number of benzene rings is 2. The lowest BCUT2D eigenvalue weighted by Gasteiger charge is -2.38. The Bertz CT molecular complexity index is 567. The zero-order chi connectivity index (χ0) is 15.9. The average molecular weight is 308 g/mol. The summed E-state index contributed by atoms with van der Waals surface area (Å²) in [6.07, 6.45) is 5.29. The van der Waals surface area contributed by atoms with Crippen molar-refractivity contribution in [3.63, 3.8) is 0 Å². The first kappa shape index (κ1) is 16.2. The molecule has 1 aliphatic carbocycles. The molecule has 3 rings (SSSR count). The van der Waals surface area contributed by atoms with Crippen LogP contribution in [0.3, 0.4) is 0 Å². The van der Waals surface area contributed by atoms with Crippen molar-refractivity contribution in [2.24, 2.45) is 0 Å². The Labute approximate surface area is 140 Å². The van der Waals surface area contributed by atoms with Gasteiger partial charge in [0.1, 0.15) is 0 Å². The Hall–Kier alpha value is -1.64. The lowest BCUT2D eigenvalue weighted by atomic mass is 9.89. The normalized spacial score (nSPS) is 21.5. The van der Waals surface area contributed by atoms with Gasteiger partial charge in [0.2, 0.25) is 0 Å². The number of hydrogen-bond donors (Lipinski definition) is 1. The average Bonchev–Trinajstić information content (AvgIpc) is 2.62. The third-order valence-electron chi connectivity index (χ3n) is 4.98. The predicted octanol–water partition coefficient (Wildman–Crippen LogP) is 4.22. The topological polar surface area (TPSA) is 15.3 Å². The molecule has 1 aliphatic rings. The molecule has 0 saturated heterocycles. The van der Waals surface area contributed by atoms with Crippen molar-refractivity contribution >= 4 is 0 Å². The van der Waals surface area contributed by atoms with Gasteiger partial charge >= 0.3 is 0 Å². The van der Waals surface area contributed by atoms with Crippen LogP contribution in [-0.2, 0) is 13.1 Å². The minimum atomic E-state index is 0.595. The minimum absolute atomic E-state index is 0.595. The van der Waals surface area contributed by atoms with E-state index in [-0.39, 0.29) is 0 Å². The summed E-state index contributed by atoms with van der Waals surface area (Å²) in [4.78, 5) is 2.54. The van der Waals surface area contributed by atoms with Crippen molar-refractivity contribution in [3.8, 4) is 0 Å². The van der Waals surface area contributed by atoms with Crippen molar-refractivity contribution in [1.82, 2.24) is 10.2 Å². The van der Waals surface area contributed by atoms with E-state index in [2.05, 4.69) is 77.9 Å². The highest BCUT2D eigenvalue weighted by Crippen LogP contribution is 2.24. The van der Waals surface area contributed by atoms with Gasteiger partial charge in [-0.2, -0.15) is 0 Å². The maximum absolute atomic E-state index is 3.81. The zero-order valence-corrected chi connectivity index (χ0v) is 14.1. The maximum atomic E-state index is 3.81. The molecule has 2 aromatic rings. The first-order chi connectivity index (χ1) is 11.3. The van der Waals surface area contributed by atoms with Gasteiger partial charge in [-0.1, -0.05) is 73.5 Å². The second-order valence-electron chi connectivity index (χ2n) is 6.73. The van der Waals surface area contributed by atoms with Gasteiger partial charge in [-0.05, 0) is 31.0 Å². The monoisotopic (exact) mass is 308 g/mol. The van der Waals surface area contributed by atoms with Gasteiger partial charge in [-0.25, -0.2) is 0 Å². The molecule has 2 nitrogen and oxygen atoms in total. The molecule has 1 fully saturated rings. The third kappa shape index (κ3) is 4.66. The van der Waals surface area contributed by atoms with Gasteiger partial charge in [0.15, 0.2) is 0 Å². The van der Waals surface area contributed by atoms with Gasteiger partial charge in [-0.3, -0.25) is 4.90 Å². The summed E-state index contributed by atoms with van der Waals surface area (Å²) < 4.78 is 0. The summed E-state index contributed by atoms with van der Waals surface area (Å²) in [5, 5.41) is 3.81. The Morgan fingerprint density at radius 1 is 0.870 bits per heavy atom. The number of hydrogen-bond acceptors (Lipinski definition) is 2. The van der Waals surface area contributed by atoms with Crippen LogP contribution in [0.15, 0.2) is 60.7 Å². The van der Waals surface area contributed by atoms with Gasteiger partial charge < -0.3 is 5.32 Å². The largest absolute Gasteiger partial charge is 0.308 e. The quantitative estimate of drug-likeness (QED) is 0.859. The van der Waals surface area contributed by atoms with E-state index in [0.29, 0.717) is 12.1 Å². The zero-order valence-electron chi connectivity index (χ0n) is 14.1. The van der Waals surface area contributed by atoms with Crippen molar-refractivity contribution in [1.29, 1.82) is 0 Å². The van der Waals surface area contributed by atoms with E-state index in [9.17, 15) is 0 Å². The Morgan fingerprint density at radius 2 is 1.48 bits per heavy atom. The fourth-order valence-electron chi connectivity index (χ4n) is 3.71. The first-order valence-corrected chi connectivity index (χ1v) is 8.84. The molecule has 122 valence electrons. The molecule has 1 N–H and O–H groups in total. The van der Waals surface area contributed by atoms with Crippen LogP contribution in [0.5, 0.6) is 0 Å². The second kappa shape index (κ2) is 8.28. The highest BCUT2D eigenvalue weighted by molar-refractivity contribution is 5.15. The molecule has 0 heterocycles. The van der Waals surface area contributed by atoms with Gasteiger partial charge in [-0.15, -0.1) is 0 Å². The Morgan fingerprint density at radius 3 is 2.17 bits per heavy atom. The second-order valence-corrected chi connectivity index (χ2v) is 6.73. The Balaban J connectivity index is 1.59. The molecule has 0 aliphatic heterocycles. The summed E-state index contributed by atoms with van der Waals surface area (Å²) in [7, 11) is 2.28.